The Balaban J connectivity index is 0. The van der Waals surface area contributed by atoms with Crippen LogP contribution in [0.4, 0.5) is 0 Å². The van der Waals surface area contributed by atoms with Gasteiger partial charge in [0.05, 0.1) is 0 Å². The molecule has 0 atom stereocenters. The molecule has 0 heterocycles. The van der Waals surface area contributed by atoms with Gasteiger partial charge in [-0.05, 0) is 39.5 Å². The van der Waals surface area contributed by atoms with Gasteiger partial charge in [0, 0.05) is 19.3 Å². The zero-order chi connectivity index (χ0) is 21.1. The molecule has 5 heteroatoms. The molecular weight excluding hydrogens is 350 g/mol. The number of rotatable bonds is 20. The Labute approximate surface area is 175 Å². The second kappa shape index (κ2) is 28.3. The maximum atomic E-state index is 9.44. The second-order valence-corrected chi connectivity index (χ2v) is 7.82. The van der Waals surface area contributed by atoms with Gasteiger partial charge in [-0.1, -0.05) is 84.0 Å². The highest BCUT2D eigenvalue weighted by Gasteiger charge is 1.92. The lowest BCUT2D eigenvalue weighted by Gasteiger charge is -2.02. The summed E-state index contributed by atoms with van der Waals surface area (Å²) in [5, 5.41) is 4.30. The Morgan fingerprint density at radius 2 is 1.18 bits per heavy atom. The molecule has 4 N–H and O–H groups in total. The van der Waals surface area contributed by atoms with E-state index in [1.807, 2.05) is 0 Å². The van der Waals surface area contributed by atoms with Gasteiger partial charge < -0.3 is 10.2 Å². The van der Waals surface area contributed by atoms with Crippen molar-refractivity contribution in [3.8, 4) is 0 Å². The van der Waals surface area contributed by atoms with Gasteiger partial charge in [-0.2, -0.15) is 5.10 Å². The van der Waals surface area contributed by atoms with E-state index in [2.05, 4.69) is 29.1 Å². The van der Waals surface area contributed by atoms with Crippen LogP contribution in [0.5, 0.6) is 0 Å². The van der Waals surface area contributed by atoms with Gasteiger partial charge in [0.25, 0.3) is 0 Å². The fraction of sp³-hybridized carbons (Fsp3) is 0.913. The lowest BCUT2D eigenvalue weighted by Crippen LogP contribution is -2.22. The molecule has 0 aliphatic carbocycles. The van der Waals surface area contributed by atoms with Crippen LogP contribution in [-0.4, -0.2) is 25.1 Å². The molecule has 0 saturated carbocycles. The quantitative estimate of drug-likeness (QED) is 0.103. The Morgan fingerprint density at radius 3 is 1.68 bits per heavy atom. The third-order valence-corrected chi connectivity index (χ3v) is 4.48. The monoisotopic (exact) mass is 400 g/mol. The topological polar surface area (TPSA) is 79.5 Å². The lowest BCUT2D eigenvalue weighted by molar-refractivity contribution is -0.114. The molecule has 0 aromatic carbocycles. The van der Waals surface area contributed by atoms with Crippen LogP contribution in [0, 0.1) is 0 Å². The van der Waals surface area contributed by atoms with E-state index in [1.54, 1.807) is 0 Å². The summed E-state index contributed by atoms with van der Waals surface area (Å²) in [5.74, 6) is 5.41. The normalized spacial score (nSPS) is 10.7. The average Bonchev–Trinajstić information content (AvgIpc) is 2.66. The number of unbranched alkanes of at least 4 members (excludes halogenated alkanes) is 14. The average molecular weight is 401 g/mol. The molecule has 0 saturated heterocycles. The number of carbonyl (C=O) groups is 1. The molecule has 0 aliphatic heterocycles. The Hall–Kier alpha value is -0.940. The molecule has 0 radical (unpaired) electrons. The van der Waals surface area contributed by atoms with E-state index in [9.17, 15) is 4.79 Å². The molecular formula is C23H50N4O. The predicted octanol–water partition coefficient (Wildman–Crippen LogP) is 5.88. The first-order valence-corrected chi connectivity index (χ1v) is 11.8. The first kappa shape index (κ1) is 29.3. The van der Waals surface area contributed by atoms with Crippen molar-refractivity contribution in [2.24, 2.45) is 10.9 Å². The number of carbonyl (C=O) groups excluding carboxylic acids is 1. The fourth-order valence-electron chi connectivity index (χ4n) is 2.88. The van der Waals surface area contributed by atoms with Crippen molar-refractivity contribution >= 4 is 12.0 Å². The molecule has 0 aliphatic rings. The number of nitrogens with two attached hydrogens (primary N) is 1. The van der Waals surface area contributed by atoms with Crippen LogP contribution in [-0.2, 0) is 4.79 Å². The van der Waals surface area contributed by atoms with Crippen molar-refractivity contribution in [1.82, 2.24) is 10.9 Å². The third-order valence-electron chi connectivity index (χ3n) is 4.48. The van der Waals surface area contributed by atoms with E-state index >= 15 is 0 Å². The number of ketones is 1. The first-order chi connectivity index (χ1) is 13.6. The van der Waals surface area contributed by atoms with Gasteiger partial charge in [0.15, 0.2) is 0 Å². The van der Waals surface area contributed by atoms with E-state index in [1.165, 1.54) is 110 Å². The van der Waals surface area contributed by atoms with E-state index in [0.717, 1.165) is 19.5 Å². The maximum Gasteiger partial charge on any atom is 0.126 e. The molecule has 0 amide bonds. The number of hydrazone groups is 1. The standard InChI is InChI=1S/C20H44N4.C3H6O/c1-2-3-4-5-13-16-19-23-24-20-17-14-11-9-7-6-8-10-12-15-18-22-21;1-3(2)4/h20,22-23H,2-19,21H2,1H3;1-2H3/i24+2;. The minimum absolute atomic E-state index is 0.167. The van der Waals surface area contributed by atoms with E-state index in [0.29, 0.717) is 0 Å². The van der Waals surface area contributed by atoms with Crippen molar-refractivity contribution in [1.29, 1.82) is 0 Å². The number of nitrogens with one attached hydrogen (secondary N) is 2. The van der Waals surface area contributed by atoms with Crippen molar-refractivity contribution in [3.05, 3.63) is 0 Å². The van der Waals surface area contributed by atoms with Gasteiger partial charge in [-0.3, -0.25) is 11.3 Å². The number of Topliss-reactive ketones (excluding diaryl/α,β-unsaturated/α-hetero) is 1. The molecule has 0 bridgehead atoms. The van der Waals surface area contributed by atoms with E-state index < -0.39 is 0 Å². The van der Waals surface area contributed by atoms with Crippen molar-refractivity contribution < 1.29 is 4.79 Å². The highest BCUT2D eigenvalue weighted by atomic mass is 16.6. The summed E-state index contributed by atoms with van der Waals surface area (Å²) in [6, 6.07) is 0. The summed E-state index contributed by atoms with van der Waals surface area (Å²) in [6.07, 6.45) is 23.3. The maximum absolute atomic E-state index is 9.44. The van der Waals surface area contributed by atoms with Crippen LogP contribution >= 0.6 is 0 Å². The number of nitrogens with zero attached hydrogens (tertiary/aromatic N) is 1. The van der Waals surface area contributed by atoms with Gasteiger partial charge in [-0.15, -0.1) is 0 Å². The Bertz CT molecular complexity index is 318. The summed E-state index contributed by atoms with van der Waals surface area (Å²) in [7, 11) is 0. The molecule has 0 rings (SSSR count). The molecule has 168 valence electrons. The van der Waals surface area contributed by atoms with Gasteiger partial charge in [0.2, 0.25) is 0 Å². The summed E-state index contributed by atoms with van der Waals surface area (Å²) < 4.78 is 0. The highest BCUT2D eigenvalue weighted by molar-refractivity contribution is 5.72. The van der Waals surface area contributed by atoms with Crippen LogP contribution in [0.2, 0.25) is 0 Å². The smallest absolute Gasteiger partial charge is 0.126 e. The largest absolute Gasteiger partial charge is 0.310 e. The molecule has 0 unspecified atom stereocenters. The number of hydrogen-bond donors (Lipinski definition) is 3. The van der Waals surface area contributed by atoms with Gasteiger partial charge in [-0.25, -0.2) is 0 Å². The molecule has 0 aromatic rings. The lowest BCUT2D eigenvalue weighted by atomic mass is 10.1. The molecule has 0 aromatic heterocycles. The molecule has 28 heavy (non-hydrogen) atoms. The van der Waals surface area contributed by atoms with Crippen LogP contribution in [0.25, 0.3) is 0 Å². The van der Waals surface area contributed by atoms with Crippen LogP contribution in [0.15, 0.2) is 5.10 Å². The van der Waals surface area contributed by atoms with Crippen LogP contribution < -0.4 is 16.7 Å². The second-order valence-electron chi connectivity index (χ2n) is 7.82. The van der Waals surface area contributed by atoms with Gasteiger partial charge >= 0.3 is 0 Å². The van der Waals surface area contributed by atoms with E-state index in [-0.39, 0.29) is 5.78 Å². The molecule has 5 nitrogen and oxygen atoms in total. The highest BCUT2D eigenvalue weighted by Crippen LogP contribution is 2.10. The van der Waals surface area contributed by atoms with E-state index in [4.69, 9.17) is 5.84 Å². The fourth-order valence-corrected chi connectivity index (χ4v) is 2.88. The number of hydrogen-bond acceptors (Lipinski definition) is 5. The predicted molar refractivity (Wildman–Crippen MR) is 125 cm³/mol. The van der Waals surface area contributed by atoms with Crippen molar-refractivity contribution in [2.45, 2.75) is 124 Å². The SMILES string of the molecule is CC(C)=O.CCCCCCCCN[16N]=CCCCCCCCCCCCNN. The summed E-state index contributed by atoms with van der Waals surface area (Å²) in [5.41, 5.74) is 5.88. The third kappa shape index (κ3) is 36.1. The summed E-state index contributed by atoms with van der Waals surface area (Å²) in [4.78, 5) is 9.44. The minimum atomic E-state index is 0.167. The Morgan fingerprint density at radius 1 is 0.750 bits per heavy atom. The minimum Gasteiger partial charge on any atom is -0.310 e. The number of hydrazine groups is 1. The van der Waals surface area contributed by atoms with Crippen LogP contribution in [0.3, 0.4) is 0 Å². The summed E-state index contributed by atoms with van der Waals surface area (Å²) >= 11 is 0. The van der Waals surface area contributed by atoms with Crippen LogP contribution in [0.1, 0.15) is 124 Å². The van der Waals surface area contributed by atoms with Crippen molar-refractivity contribution in [2.75, 3.05) is 13.1 Å². The zero-order valence-electron chi connectivity index (χ0n) is 19.2. The molecule has 0 spiro atoms. The Kier molecular flexibility index (Phi) is 29.5. The van der Waals surface area contributed by atoms with Gasteiger partial charge in [0.1, 0.15) is 5.78 Å². The summed E-state index contributed by atoms with van der Waals surface area (Å²) in [6.45, 7) is 7.31. The zero-order valence-corrected chi connectivity index (χ0v) is 19.2. The van der Waals surface area contributed by atoms with Crippen molar-refractivity contribution in [3.63, 3.8) is 0 Å². The first-order valence-electron chi connectivity index (χ1n) is 11.8. The molecule has 0 fully saturated rings.